The van der Waals surface area contributed by atoms with Crippen LogP contribution >= 0.6 is 11.6 Å². The predicted molar refractivity (Wildman–Crippen MR) is 160 cm³/mol. The molecule has 0 spiro atoms. The van der Waals surface area contributed by atoms with Gasteiger partial charge in [0.05, 0.1) is 12.1 Å². The van der Waals surface area contributed by atoms with Gasteiger partial charge in [0.2, 0.25) is 12.2 Å². The molecule has 3 aliphatic rings. The minimum atomic E-state index is -1.49. The first kappa shape index (κ1) is 33.3. The normalized spacial score (nSPS) is 31.9. The number of ether oxygens (including phenoxy) is 5. The van der Waals surface area contributed by atoms with Crippen molar-refractivity contribution in [3.05, 3.63) is 76.1 Å². The first-order valence-corrected chi connectivity index (χ1v) is 15.1. The largest absolute Gasteiger partial charge is 0.489 e. The lowest BCUT2D eigenvalue weighted by Crippen LogP contribution is -2.67. The van der Waals surface area contributed by atoms with E-state index in [4.69, 9.17) is 35.3 Å². The van der Waals surface area contributed by atoms with Crippen LogP contribution in [0.1, 0.15) is 32.3 Å². The Morgan fingerprint density at radius 3 is 2.56 bits per heavy atom. The van der Waals surface area contributed by atoms with Gasteiger partial charge >= 0.3 is 0 Å². The fourth-order valence-corrected chi connectivity index (χ4v) is 5.87. The SMILES string of the molecule is CC/C(=C/COc1cccc(Cl)c1)[C@H]1O[C@@H](Oc2ccc(/C=C(\C)C(=O)N[C@@H]3[C@H](O)[C@@H](O)[C@H]4OCO[C@H]4[C@@H]3O)cc2F)C[C@@H]1O. The van der Waals surface area contributed by atoms with Crippen molar-refractivity contribution in [2.75, 3.05) is 13.4 Å². The molecule has 11 nitrogen and oxygen atoms in total. The Labute approximate surface area is 264 Å². The van der Waals surface area contributed by atoms with Crippen molar-refractivity contribution in [2.45, 2.75) is 81.7 Å². The Kier molecular flexibility index (Phi) is 10.8. The van der Waals surface area contributed by atoms with E-state index in [2.05, 4.69) is 5.32 Å². The fraction of sp³-hybridized carbons (Fsp3) is 0.469. The summed E-state index contributed by atoms with van der Waals surface area (Å²) in [6, 6.07) is 9.94. The number of carbonyl (C=O) groups excluding carboxylic acids is 1. The average molecular weight is 650 g/mol. The minimum absolute atomic E-state index is 0.0887. The number of hydrogen-bond acceptors (Lipinski definition) is 10. The van der Waals surface area contributed by atoms with E-state index in [0.29, 0.717) is 22.8 Å². The van der Waals surface area contributed by atoms with Gasteiger partial charge in [-0.15, -0.1) is 0 Å². The molecule has 1 saturated carbocycles. The summed E-state index contributed by atoms with van der Waals surface area (Å²) in [7, 11) is 0. The number of amides is 1. The lowest BCUT2D eigenvalue weighted by atomic mass is 9.83. The van der Waals surface area contributed by atoms with Crippen molar-refractivity contribution in [3.63, 3.8) is 0 Å². The molecule has 244 valence electrons. The molecule has 1 aliphatic carbocycles. The maximum Gasteiger partial charge on any atom is 0.247 e. The number of benzene rings is 2. The summed E-state index contributed by atoms with van der Waals surface area (Å²) in [6.07, 6.45) is -4.39. The van der Waals surface area contributed by atoms with Crippen molar-refractivity contribution in [3.8, 4) is 11.5 Å². The summed E-state index contributed by atoms with van der Waals surface area (Å²) < 4.78 is 42.9. The van der Waals surface area contributed by atoms with Crippen LogP contribution in [0, 0.1) is 5.82 Å². The summed E-state index contributed by atoms with van der Waals surface area (Å²) in [6.45, 7) is 3.52. The van der Waals surface area contributed by atoms with E-state index in [1.807, 2.05) is 13.0 Å². The highest BCUT2D eigenvalue weighted by atomic mass is 35.5. The van der Waals surface area contributed by atoms with Crippen LogP contribution in [-0.4, -0.2) is 94.8 Å². The number of fused-ring (bicyclic) bond motifs is 1. The van der Waals surface area contributed by atoms with E-state index in [1.54, 1.807) is 30.3 Å². The van der Waals surface area contributed by atoms with Gasteiger partial charge in [0, 0.05) is 17.0 Å². The third-order valence-corrected chi connectivity index (χ3v) is 8.34. The number of nitrogens with one attached hydrogen (secondary N) is 1. The van der Waals surface area contributed by atoms with E-state index in [-0.39, 0.29) is 31.1 Å². The lowest BCUT2D eigenvalue weighted by Gasteiger charge is -2.41. The highest BCUT2D eigenvalue weighted by molar-refractivity contribution is 6.30. The van der Waals surface area contributed by atoms with E-state index >= 15 is 4.39 Å². The van der Waals surface area contributed by atoms with Gasteiger partial charge in [-0.3, -0.25) is 4.79 Å². The van der Waals surface area contributed by atoms with Crippen molar-refractivity contribution in [1.29, 1.82) is 0 Å². The van der Waals surface area contributed by atoms with Gasteiger partial charge in [0.1, 0.15) is 55.8 Å². The minimum Gasteiger partial charge on any atom is -0.489 e. The summed E-state index contributed by atoms with van der Waals surface area (Å²) >= 11 is 6.00. The number of halogens is 2. The monoisotopic (exact) mass is 649 g/mol. The Hall–Kier alpha value is -3.07. The molecule has 5 N–H and O–H groups in total. The van der Waals surface area contributed by atoms with Crippen molar-refractivity contribution < 1.29 is 53.3 Å². The second kappa shape index (κ2) is 14.6. The Bertz CT molecular complexity index is 1420. The van der Waals surface area contributed by atoms with E-state index < -0.39 is 66.8 Å². The summed E-state index contributed by atoms with van der Waals surface area (Å²) in [5.41, 5.74) is 1.33. The molecular weight excluding hydrogens is 613 g/mol. The first-order valence-electron chi connectivity index (χ1n) is 14.7. The lowest BCUT2D eigenvalue weighted by molar-refractivity contribution is -0.155. The van der Waals surface area contributed by atoms with Gasteiger partial charge in [-0.2, -0.15) is 0 Å². The highest BCUT2D eigenvalue weighted by Gasteiger charge is 2.53. The zero-order valence-corrected chi connectivity index (χ0v) is 25.5. The van der Waals surface area contributed by atoms with Crippen LogP contribution < -0.4 is 14.8 Å². The smallest absolute Gasteiger partial charge is 0.247 e. The maximum absolute atomic E-state index is 15.0. The number of aliphatic hydroxyl groups excluding tert-OH is 4. The molecule has 0 bridgehead atoms. The van der Waals surface area contributed by atoms with Crippen molar-refractivity contribution in [2.24, 2.45) is 0 Å². The molecule has 2 saturated heterocycles. The molecule has 2 aliphatic heterocycles. The van der Waals surface area contributed by atoms with Crippen LogP contribution in [0.4, 0.5) is 4.39 Å². The van der Waals surface area contributed by atoms with Crippen molar-refractivity contribution in [1.82, 2.24) is 5.32 Å². The standard InChI is InChI=1S/C32H37ClFNO10/c1-3-18(9-10-41-20-6-4-5-19(33)13-20)29-22(36)14-24(45-29)44-23-8-7-17(12-21(23)34)11-16(2)32(40)35-25-26(37)28(39)31-30(27(25)38)42-15-43-31/h4-9,11-13,22,24-31,36-39H,3,10,14-15H2,1-2H3,(H,35,40)/b16-11+,18-9-/t22-,24+,25+,26-,27+,28+,29+,30-,31+/m0/s1. The van der Waals surface area contributed by atoms with Crippen LogP contribution in [0.25, 0.3) is 6.08 Å². The van der Waals surface area contributed by atoms with Crippen LogP contribution in [0.2, 0.25) is 5.02 Å². The number of aliphatic hydroxyl groups is 4. The zero-order valence-electron chi connectivity index (χ0n) is 24.7. The van der Waals surface area contributed by atoms with E-state index in [1.165, 1.54) is 25.1 Å². The second-order valence-electron chi connectivity index (χ2n) is 11.2. The Morgan fingerprint density at radius 1 is 1.09 bits per heavy atom. The quantitative estimate of drug-likeness (QED) is 0.191. The molecule has 13 heteroatoms. The van der Waals surface area contributed by atoms with Gasteiger partial charge in [-0.25, -0.2) is 4.39 Å². The molecule has 9 atom stereocenters. The number of carbonyl (C=O) groups is 1. The summed E-state index contributed by atoms with van der Waals surface area (Å²) in [4.78, 5) is 12.8. The molecule has 5 rings (SSSR count). The third kappa shape index (κ3) is 7.67. The molecule has 1 amide bonds. The maximum atomic E-state index is 15.0. The van der Waals surface area contributed by atoms with Crippen LogP contribution in [0.5, 0.6) is 11.5 Å². The molecule has 2 heterocycles. The molecule has 45 heavy (non-hydrogen) atoms. The van der Waals surface area contributed by atoms with Crippen LogP contribution in [-0.2, 0) is 19.0 Å². The Morgan fingerprint density at radius 2 is 1.84 bits per heavy atom. The van der Waals surface area contributed by atoms with Gasteiger partial charge in [-0.05, 0) is 67.0 Å². The first-order chi connectivity index (χ1) is 21.5. The zero-order chi connectivity index (χ0) is 32.2. The topological polar surface area (TPSA) is 156 Å². The molecule has 2 aromatic rings. The van der Waals surface area contributed by atoms with Gasteiger partial charge in [-0.1, -0.05) is 30.7 Å². The third-order valence-electron chi connectivity index (χ3n) is 8.10. The van der Waals surface area contributed by atoms with Gasteiger partial charge in [0.25, 0.3) is 0 Å². The Balaban J connectivity index is 1.17. The van der Waals surface area contributed by atoms with E-state index in [0.717, 1.165) is 5.57 Å². The predicted octanol–water partition coefficient (Wildman–Crippen LogP) is 2.48. The van der Waals surface area contributed by atoms with Gasteiger partial charge < -0.3 is 49.4 Å². The molecule has 0 unspecified atom stereocenters. The van der Waals surface area contributed by atoms with Crippen molar-refractivity contribution >= 4 is 23.6 Å². The number of hydrogen-bond donors (Lipinski definition) is 5. The summed E-state index contributed by atoms with van der Waals surface area (Å²) in [5, 5.41) is 45.1. The average Bonchev–Trinajstić information content (AvgIpc) is 3.65. The van der Waals surface area contributed by atoms with Gasteiger partial charge in [0.15, 0.2) is 11.6 Å². The molecular formula is C32H37ClFNO10. The molecule has 0 aromatic heterocycles. The van der Waals surface area contributed by atoms with Crippen LogP contribution in [0.15, 0.2) is 59.7 Å². The molecule has 3 fully saturated rings. The highest BCUT2D eigenvalue weighted by Crippen LogP contribution is 2.32. The summed E-state index contributed by atoms with van der Waals surface area (Å²) in [5.74, 6) is -0.817. The molecule has 0 radical (unpaired) electrons. The number of rotatable bonds is 10. The van der Waals surface area contributed by atoms with Crippen LogP contribution in [0.3, 0.4) is 0 Å². The molecule has 2 aromatic carbocycles. The second-order valence-corrected chi connectivity index (χ2v) is 11.6. The fourth-order valence-electron chi connectivity index (χ4n) is 5.68. The van der Waals surface area contributed by atoms with E-state index in [9.17, 15) is 25.2 Å².